The van der Waals surface area contributed by atoms with Crippen molar-refractivity contribution in [3.05, 3.63) is 57.8 Å². The first-order valence-electron chi connectivity index (χ1n) is 4.73. The standard InChI is InChI=1S/C12H9BrClNO/c13-10-3-1-2-9(6-10)8-16-11-4-5-12(14)15-7-11/h1-7H,8H2. The lowest BCUT2D eigenvalue weighted by molar-refractivity contribution is 0.305. The number of pyridine rings is 1. The van der Waals surface area contributed by atoms with Crippen molar-refractivity contribution in [1.29, 1.82) is 0 Å². The summed E-state index contributed by atoms with van der Waals surface area (Å²) in [6.07, 6.45) is 1.61. The van der Waals surface area contributed by atoms with Crippen LogP contribution < -0.4 is 4.74 Å². The van der Waals surface area contributed by atoms with Gasteiger partial charge in [0, 0.05) is 4.47 Å². The minimum Gasteiger partial charge on any atom is -0.487 e. The average Bonchev–Trinajstić information content (AvgIpc) is 2.28. The summed E-state index contributed by atoms with van der Waals surface area (Å²) < 4.78 is 6.60. The van der Waals surface area contributed by atoms with Gasteiger partial charge in [-0.3, -0.25) is 0 Å². The SMILES string of the molecule is Clc1ccc(OCc2cccc(Br)c2)cn1. The lowest BCUT2D eigenvalue weighted by Gasteiger charge is -2.05. The summed E-state index contributed by atoms with van der Waals surface area (Å²) in [7, 11) is 0. The van der Waals surface area contributed by atoms with Gasteiger partial charge in [-0.05, 0) is 29.8 Å². The Morgan fingerprint density at radius 2 is 2.12 bits per heavy atom. The number of aromatic nitrogens is 1. The van der Waals surface area contributed by atoms with Crippen molar-refractivity contribution in [2.24, 2.45) is 0 Å². The van der Waals surface area contributed by atoms with Crippen LogP contribution in [0.25, 0.3) is 0 Å². The summed E-state index contributed by atoms with van der Waals surface area (Å²) in [5, 5.41) is 0.467. The molecule has 0 N–H and O–H groups in total. The van der Waals surface area contributed by atoms with E-state index in [1.54, 1.807) is 18.3 Å². The number of benzene rings is 1. The van der Waals surface area contributed by atoms with Crippen molar-refractivity contribution in [2.45, 2.75) is 6.61 Å². The Hall–Kier alpha value is -1.06. The molecule has 2 rings (SSSR count). The Morgan fingerprint density at radius 1 is 1.25 bits per heavy atom. The highest BCUT2D eigenvalue weighted by molar-refractivity contribution is 9.10. The number of rotatable bonds is 3. The predicted octanol–water partition coefficient (Wildman–Crippen LogP) is 4.08. The summed E-state index contributed by atoms with van der Waals surface area (Å²) >= 11 is 9.09. The van der Waals surface area contributed by atoms with Crippen molar-refractivity contribution in [2.75, 3.05) is 0 Å². The molecule has 0 spiro atoms. The minimum absolute atomic E-state index is 0.467. The molecule has 0 aliphatic carbocycles. The largest absolute Gasteiger partial charge is 0.487 e. The van der Waals surface area contributed by atoms with Crippen LogP contribution >= 0.6 is 27.5 Å². The maximum absolute atomic E-state index is 5.68. The summed E-state index contributed by atoms with van der Waals surface area (Å²) in [6, 6.07) is 11.5. The van der Waals surface area contributed by atoms with Gasteiger partial charge in [0.15, 0.2) is 0 Å². The van der Waals surface area contributed by atoms with Gasteiger partial charge in [-0.15, -0.1) is 0 Å². The second kappa shape index (κ2) is 5.32. The smallest absolute Gasteiger partial charge is 0.138 e. The molecule has 0 radical (unpaired) electrons. The molecule has 16 heavy (non-hydrogen) atoms. The maximum Gasteiger partial charge on any atom is 0.138 e. The average molecular weight is 299 g/mol. The molecule has 1 aromatic carbocycles. The van der Waals surface area contributed by atoms with Crippen molar-refractivity contribution in [3.63, 3.8) is 0 Å². The van der Waals surface area contributed by atoms with Crippen LogP contribution in [0.15, 0.2) is 47.1 Å². The first-order chi connectivity index (χ1) is 7.74. The number of nitrogens with zero attached hydrogens (tertiary/aromatic N) is 1. The Labute approximate surface area is 107 Å². The molecule has 0 aliphatic heterocycles. The van der Waals surface area contributed by atoms with Crippen molar-refractivity contribution in [3.8, 4) is 5.75 Å². The number of halogens is 2. The van der Waals surface area contributed by atoms with E-state index in [0.717, 1.165) is 10.0 Å². The molecule has 0 amide bonds. The van der Waals surface area contributed by atoms with Gasteiger partial charge in [0.05, 0.1) is 6.20 Å². The molecule has 0 aliphatic rings. The highest BCUT2D eigenvalue weighted by Crippen LogP contribution is 2.16. The van der Waals surface area contributed by atoms with Crippen LogP contribution in [0.1, 0.15) is 5.56 Å². The Morgan fingerprint density at radius 3 is 2.81 bits per heavy atom. The third kappa shape index (κ3) is 3.22. The maximum atomic E-state index is 5.68. The molecule has 0 saturated carbocycles. The van der Waals surface area contributed by atoms with E-state index in [9.17, 15) is 0 Å². The van der Waals surface area contributed by atoms with Gasteiger partial charge < -0.3 is 4.74 Å². The molecular formula is C12H9BrClNO. The molecule has 4 heteroatoms. The summed E-state index contributed by atoms with van der Waals surface area (Å²) in [5.41, 5.74) is 1.10. The third-order valence-electron chi connectivity index (χ3n) is 1.99. The fourth-order valence-corrected chi connectivity index (χ4v) is 1.80. The quantitative estimate of drug-likeness (QED) is 0.797. The van der Waals surface area contributed by atoms with E-state index in [0.29, 0.717) is 17.5 Å². The van der Waals surface area contributed by atoms with Crippen LogP contribution in [-0.2, 0) is 6.61 Å². The third-order valence-corrected chi connectivity index (χ3v) is 2.71. The molecule has 0 saturated heterocycles. The van der Waals surface area contributed by atoms with Gasteiger partial charge in [-0.1, -0.05) is 39.7 Å². The topological polar surface area (TPSA) is 22.1 Å². The Bertz CT molecular complexity index is 473. The molecule has 82 valence electrons. The van der Waals surface area contributed by atoms with Crippen molar-refractivity contribution in [1.82, 2.24) is 4.98 Å². The number of hydrogen-bond acceptors (Lipinski definition) is 2. The molecule has 1 heterocycles. The van der Waals surface area contributed by atoms with E-state index >= 15 is 0 Å². The minimum atomic E-state index is 0.467. The first kappa shape index (κ1) is 11.4. The van der Waals surface area contributed by atoms with Crippen LogP contribution in [0.4, 0.5) is 0 Å². The van der Waals surface area contributed by atoms with E-state index < -0.39 is 0 Å². The van der Waals surface area contributed by atoms with Crippen LogP contribution in [0, 0.1) is 0 Å². The van der Waals surface area contributed by atoms with Gasteiger partial charge in [0.2, 0.25) is 0 Å². The summed E-state index contributed by atoms with van der Waals surface area (Å²) in [5.74, 6) is 0.712. The second-order valence-corrected chi connectivity index (χ2v) is 4.54. The molecule has 2 aromatic rings. The van der Waals surface area contributed by atoms with E-state index in [-0.39, 0.29) is 0 Å². The normalized spacial score (nSPS) is 10.1. The Balaban J connectivity index is 1.99. The highest BCUT2D eigenvalue weighted by Gasteiger charge is 1.97. The van der Waals surface area contributed by atoms with Crippen LogP contribution in [0.2, 0.25) is 5.15 Å². The van der Waals surface area contributed by atoms with Crippen LogP contribution in [0.3, 0.4) is 0 Å². The predicted molar refractivity (Wildman–Crippen MR) is 67.7 cm³/mol. The molecule has 0 unspecified atom stereocenters. The molecule has 1 aromatic heterocycles. The van der Waals surface area contributed by atoms with Gasteiger partial charge >= 0.3 is 0 Å². The monoisotopic (exact) mass is 297 g/mol. The van der Waals surface area contributed by atoms with E-state index in [1.165, 1.54) is 0 Å². The fourth-order valence-electron chi connectivity index (χ4n) is 1.24. The van der Waals surface area contributed by atoms with Crippen molar-refractivity contribution >= 4 is 27.5 Å². The number of hydrogen-bond donors (Lipinski definition) is 0. The number of ether oxygens (including phenoxy) is 1. The second-order valence-electron chi connectivity index (χ2n) is 3.24. The van der Waals surface area contributed by atoms with E-state index in [2.05, 4.69) is 20.9 Å². The molecule has 2 nitrogen and oxygen atoms in total. The fraction of sp³-hybridized carbons (Fsp3) is 0.0833. The first-order valence-corrected chi connectivity index (χ1v) is 5.90. The highest BCUT2D eigenvalue weighted by atomic mass is 79.9. The molecule has 0 fully saturated rings. The van der Waals surface area contributed by atoms with Crippen molar-refractivity contribution < 1.29 is 4.74 Å². The van der Waals surface area contributed by atoms with E-state index in [4.69, 9.17) is 16.3 Å². The van der Waals surface area contributed by atoms with Gasteiger partial charge in [0.25, 0.3) is 0 Å². The zero-order valence-corrected chi connectivity index (χ0v) is 10.7. The van der Waals surface area contributed by atoms with Gasteiger partial charge in [-0.2, -0.15) is 0 Å². The van der Waals surface area contributed by atoms with E-state index in [1.807, 2.05) is 24.3 Å². The van der Waals surface area contributed by atoms with Gasteiger partial charge in [0.1, 0.15) is 17.5 Å². The zero-order valence-electron chi connectivity index (χ0n) is 8.36. The molecular weight excluding hydrogens is 289 g/mol. The molecule has 0 bridgehead atoms. The van der Waals surface area contributed by atoms with Gasteiger partial charge in [-0.25, -0.2) is 4.98 Å². The summed E-state index contributed by atoms with van der Waals surface area (Å²) in [4.78, 5) is 3.94. The zero-order chi connectivity index (χ0) is 11.4. The van der Waals surface area contributed by atoms with Crippen LogP contribution in [-0.4, -0.2) is 4.98 Å². The van der Waals surface area contributed by atoms with Crippen LogP contribution in [0.5, 0.6) is 5.75 Å². The lowest BCUT2D eigenvalue weighted by atomic mass is 10.2. The lowest BCUT2D eigenvalue weighted by Crippen LogP contribution is -1.95. The molecule has 0 atom stereocenters. The Kier molecular flexibility index (Phi) is 3.80. The summed E-state index contributed by atoms with van der Waals surface area (Å²) in [6.45, 7) is 0.517.